The molecule has 0 amide bonds. The van der Waals surface area contributed by atoms with Crippen molar-refractivity contribution in [2.24, 2.45) is 16.5 Å². The Kier molecular flexibility index (Phi) is 9.36. The standard InChI is InChI=1S/C22H29N3O5S/c1-17(2)11-13-29-18-3-7-20(8-4-18)31(26,27)21-9-5-19(6-10-21)30-16-15-28-14-12-25-22(23)24/h3-11H,12-16H2,1-2H3,(H4,23,24,25). The fraction of sp³-hybridized carbons (Fsp3) is 0.318. The summed E-state index contributed by atoms with van der Waals surface area (Å²) in [5.74, 6) is 1.19. The van der Waals surface area contributed by atoms with E-state index in [1.807, 2.05) is 19.9 Å². The van der Waals surface area contributed by atoms with Crippen molar-refractivity contribution >= 4 is 15.8 Å². The summed E-state index contributed by atoms with van der Waals surface area (Å²) in [4.78, 5) is 4.19. The van der Waals surface area contributed by atoms with Gasteiger partial charge >= 0.3 is 0 Å². The molecule has 2 aromatic rings. The van der Waals surface area contributed by atoms with Crippen LogP contribution in [0.2, 0.25) is 0 Å². The van der Waals surface area contributed by atoms with E-state index < -0.39 is 9.84 Å². The van der Waals surface area contributed by atoms with Crippen LogP contribution in [0.4, 0.5) is 0 Å². The molecule has 0 saturated heterocycles. The molecule has 0 radical (unpaired) electrons. The first-order valence-corrected chi connectivity index (χ1v) is 11.2. The first-order chi connectivity index (χ1) is 14.8. The summed E-state index contributed by atoms with van der Waals surface area (Å²) in [5.41, 5.74) is 11.6. The number of nitrogens with two attached hydrogens (primary N) is 2. The molecule has 168 valence electrons. The van der Waals surface area contributed by atoms with Gasteiger partial charge in [-0.1, -0.05) is 5.57 Å². The maximum atomic E-state index is 12.8. The second-order valence-corrected chi connectivity index (χ2v) is 8.76. The van der Waals surface area contributed by atoms with Crippen LogP contribution < -0.4 is 20.9 Å². The minimum atomic E-state index is -3.63. The van der Waals surface area contributed by atoms with Gasteiger partial charge in [0.05, 0.1) is 29.5 Å². The molecule has 0 spiro atoms. The summed E-state index contributed by atoms with van der Waals surface area (Å²) in [6.45, 7) is 5.87. The van der Waals surface area contributed by atoms with E-state index in [4.69, 9.17) is 25.7 Å². The minimum Gasteiger partial charge on any atom is -0.491 e. The highest BCUT2D eigenvalue weighted by molar-refractivity contribution is 7.91. The van der Waals surface area contributed by atoms with Crippen LogP contribution in [0.5, 0.6) is 11.5 Å². The lowest BCUT2D eigenvalue weighted by Crippen LogP contribution is -2.23. The number of sulfone groups is 1. The molecular formula is C22H29N3O5S. The summed E-state index contributed by atoms with van der Waals surface area (Å²) < 4.78 is 42.1. The molecule has 0 aliphatic carbocycles. The van der Waals surface area contributed by atoms with Gasteiger partial charge in [-0.25, -0.2) is 8.42 Å². The summed E-state index contributed by atoms with van der Waals surface area (Å²) in [6, 6.07) is 12.6. The smallest absolute Gasteiger partial charge is 0.206 e. The van der Waals surface area contributed by atoms with Crippen LogP contribution in [-0.4, -0.2) is 47.3 Å². The summed E-state index contributed by atoms with van der Waals surface area (Å²) >= 11 is 0. The van der Waals surface area contributed by atoms with E-state index in [0.29, 0.717) is 44.5 Å². The third kappa shape index (κ3) is 8.31. The van der Waals surface area contributed by atoms with E-state index in [1.165, 1.54) is 24.3 Å². The molecule has 9 heteroatoms. The Balaban J connectivity index is 1.88. The second-order valence-electron chi connectivity index (χ2n) is 6.81. The maximum Gasteiger partial charge on any atom is 0.206 e. The maximum absolute atomic E-state index is 12.8. The highest BCUT2D eigenvalue weighted by Crippen LogP contribution is 2.25. The van der Waals surface area contributed by atoms with E-state index in [1.54, 1.807) is 24.3 Å². The monoisotopic (exact) mass is 447 g/mol. The van der Waals surface area contributed by atoms with E-state index in [2.05, 4.69) is 4.99 Å². The van der Waals surface area contributed by atoms with E-state index in [-0.39, 0.29) is 15.8 Å². The Morgan fingerprint density at radius 3 is 1.94 bits per heavy atom. The van der Waals surface area contributed by atoms with Crippen molar-refractivity contribution in [1.29, 1.82) is 0 Å². The van der Waals surface area contributed by atoms with Crippen LogP contribution in [0.3, 0.4) is 0 Å². The molecule has 0 fully saturated rings. The van der Waals surface area contributed by atoms with Gasteiger partial charge in [-0.05, 0) is 68.5 Å². The predicted molar refractivity (Wildman–Crippen MR) is 120 cm³/mol. The lowest BCUT2D eigenvalue weighted by molar-refractivity contribution is 0.106. The largest absolute Gasteiger partial charge is 0.491 e. The quantitative estimate of drug-likeness (QED) is 0.222. The van der Waals surface area contributed by atoms with Gasteiger partial charge in [0.25, 0.3) is 0 Å². The zero-order valence-corrected chi connectivity index (χ0v) is 18.6. The second kappa shape index (κ2) is 12.0. The highest BCUT2D eigenvalue weighted by Gasteiger charge is 2.17. The van der Waals surface area contributed by atoms with Crippen molar-refractivity contribution in [2.75, 3.05) is 33.0 Å². The zero-order valence-electron chi connectivity index (χ0n) is 17.8. The number of guanidine groups is 1. The van der Waals surface area contributed by atoms with Crippen molar-refractivity contribution in [1.82, 2.24) is 0 Å². The van der Waals surface area contributed by atoms with Gasteiger partial charge in [0.2, 0.25) is 9.84 Å². The lowest BCUT2D eigenvalue weighted by Gasteiger charge is -2.09. The fourth-order valence-corrected chi connectivity index (χ4v) is 3.69. The molecule has 0 saturated carbocycles. The number of hydrogen-bond donors (Lipinski definition) is 2. The van der Waals surface area contributed by atoms with Gasteiger partial charge < -0.3 is 25.7 Å². The Hall–Kier alpha value is -3.04. The van der Waals surface area contributed by atoms with Gasteiger partial charge in [-0.15, -0.1) is 0 Å². The van der Waals surface area contributed by atoms with Gasteiger partial charge in [0.1, 0.15) is 24.7 Å². The van der Waals surface area contributed by atoms with Crippen molar-refractivity contribution in [2.45, 2.75) is 23.6 Å². The Morgan fingerprint density at radius 1 is 0.871 bits per heavy atom. The van der Waals surface area contributed by atoms with E-state index >= 15 is 0 Å². The molecule has 31 heavy (non-hydrogen) atoms. The van der Waals surface area contributed by atoms with Crippen LogP contribution >= 0.6 is 0 Å². The first kappa shape index (κ1) is 24.2. The van der Waals surface area contributed by atoms with Crippen molar-refractivity contribution in [3.05, 3.63) is 60.2 Å². The molecule has 0 heterocycles. The number of allylic oxidation sites excluding steroid dienone is 1. The van der Waals surface area contributed by atoms with E-state index in [9.17, 15) is 8.42 Å². The third-order valence-electron chi connectivity index (χ3n) is 4.04. The molecule has 4 N–H and O–H groups in total. The molecule has 8 nitrogen and oxygen atoms in total. The fourth-order valence-electron chi connectivity index (χ4n) is 2.43. The average molecular weight is 448 g/mol. The summed E-state index contributed by atoms with van der Waals surface area (Å²) in [5, 5.41) is 0. The molecule has 0 aliphatic rings. The first-order valence-electron chi connectivity index (χ1n) is 9.76. The molecule has 0 unspecified atom stereocenters. The molecule has 0 bridgehead atoms. The molecule has 0 aliphatic heterocycles. The van der Waals surface area contributed by atoms with Crippen molar-refractivity contribution < 1.29 is 22.6 Å². The Bertz CT molecular complexity index is 977. The molecule has 2 rings (SSSR count). The van der Waals surface area contributed by atoms with E-state index in [0.717, 1.165) is 5.57 Å². The summed E-state index contributed by atoms with van der Waals surface area (Å²) in [7, 11) is -3.63. The zero-order chi connectivity index (χ0) is 22.7. The average Bonchev–Trinajstić information content (AvgIpc) is 2.73. The molecule has 0 atom stereocenters. The number of benzene rings is 2. The van der Waals surface area contributed by atoms with Crippen LogP contribution in [0.15, 0.2) is 75.0 Å². The molecular weight excluding hydrogens is 418 g/mol. The number of rotatable bonds is 12. The lowest BCUT2D eigenvalue weighted by atomic mass is 10.3. The SMILES string of the molecule is CC(C)=CCOc1ccc(S(=O)(=O)c2ccc(OCCOCCN=C(N)N)cc2)cc1. The number of aliphatic imine (C=N–C) groups is 1. The number of nitrogens with zero attached hydrogens (tertiary/aromatic N) is 1. The van der Waals surface area contributed by atoms with Gasteiger partial charge in [-0.3, -0.25) is 4.99 Å². The van der Waals surface area contributed by atoms with Crippen LogP contribution in [0.25, 0.3) is 0 Å². The Labute approximate surface area is 183 Å². The molecule has 0 aromatic heterocycles. The van der Waals surface area contributed by atoms with Crippen LogP contribution in [0.1, 0.15) is 13.8 Å². The Morgan fingerprint density at radius 2 is 1.42 bits per heavy atom. The van der Waals surface area contributed by atoms with Crippen molar-refractivity contribution in [3.8, 4) is 11.5 Å². The summed E-state index contributed by atoms with van der Waals surface area (Å²) in [6.07, 6.45) is 1.95. The van der Waals surface area contributed by atoms with Gasteiger partial charge in [-0.2, -0.15) is 0 Å². The van der Waals surface area contributed by atoms with Gasteiger partial charge in [0, 0.05) is 0 Å². The third-order valence-corrected chi connectivity index (χ3v) is 5.82. The van der Waals surface area contributed by atoms with Crippen molar-refractivity contribution in [3.63, 3.8) is 0 Å². The highest BCUT2D eigenvalue weighted by atomic mass is 32.2. The number of ether oxygens (including phenoxy) is 3. The van der Waals surface area contributed by atoms with Crippen LogP contribution in [0, 0.1) is 0 Å². The molecule has 2 aromatic carbocycles. The van der Waals surface area contributed by atoms with Crippen LogP contribution in [-0.2, 0) is 14.6 Å². The normalized spacial score (nSPS) is 10.9. The minimum absolute atomic E-state index is 0.0265. The number of hydrogen-bond acceptors (Lipinski definition) is 6. The predicted octanol–water partition coefficient (Wildman–Crippen LogP) is 2.53. The topological polar surface area (TPSA) is 126 Å². The van der Waals surface area contributed by atoms with Gasteiger partial charge in [0.15, 0.2) is 5.96 Å².